The van der Waals surface area contributed by atoms with Gasteiger partial charge in [-0.25, -0.2) is 0 Å². The standard InChI is InChI=1S/C9H12BrNS/c1-8(2)5-9(8,11)6-3-7(10)12-4-6/h3-4H,5,11H2,1-2H3. The number of halogens is 1. The minimum absolute atomic E-state index is 0.0600. The monoisotopic (exact) mass is 245 g/mol. The number of nitrogens with two attached hydrogens (primary N) is 1. The van der Waals surface area contributed by atoms with Crippen LogP contribution in [0.1, 0.15) is 25.8 Å². The van der Waals surface area contributed by atoms with Crippen molar-refractivity contribution in [1.29, 1.82) is 0 Å². The third kappa shape index (κ3) is 1.07. The fourth-order valence-corrected chi connectivity index (χ4v) is 2.93. The number of thiophene rings is 1. The van der Waals surface area contributed by atoms with Gasteiger partial charge in [-0.15, -0.1) is 11.3 Å². The third-order valence-corrected chi connectivity index (χ3v) is 4.39. The Morgan fingerprint density at radius 1 is 1.58 bits per heavy atom. The minimum atomic E-state index is -0.0600. The molecule has 0 bridgehead atoms. The van der Waals surface area contributed by atoms with E-state index in [0.29, 0.717) is 0 Å². The molecule has 0 radical (unpaired) electrons. The second-order valence-corrected chi connectivity index (χ2v) is 6.46. The van der Waals surface area contributed by atoms with E-state index >= 15 is 0 Å². The van der Waals surface area contributed by atoms with Crippen molar-refractivity contribution in [2.45, 2.75) is 25.8 Å². The van der Waals surface area contributed by atoms with Gasteiger partial charge in [0.15, 0.2) is 0 Å². The van der Waals surface area contributed by atoms with E-state index < -0.39 is 0 Å². The molecule has 1 heterocycles. The van der Waals surface area contributed by atoms with Crippen LogP contribution >= 0.6 is 27.3 Å². The summed E-state index contributed by atoms with van der Waals surface area (Å²) in [4.78, 5) is 0. The largest absolute Gasteiger partial charge is 0.321 e. The van der Waals surface area contributed by atoms with Gasteiger partial charge >= 0.3 is 0 Å². The lowest BCUT2D eigenvalue weighted by atomic mass is 10.0. The fourth-order valence-electron chi connectivity index (χ4n) is 1.69. The normalized spacial score (nSPS) is 32.0. The third-order valence-electron chi connectivity index (χ3n) is 2.89. The summed E-state index contributed by atoms with van der Waals surface area (Å²) in [7, 11) is 0. The quantitative estimate of drug-likeness (QED) is 0.809. The first-order chi connectivity index (χ1) is 5.46. The van der Waals surface area contributed by atoms with E-state index in [2.05, 4.69) is 41.2 Å². The molecule has 1 atom stereocenters. The molecule has 3 heteroatoms. The zero-order valence-electron chi connectivity index (χ0n) is 7.23. The van der Waals surface area contributed by atoms with Crippen LogP contribution in [-0.4, -0.2) is 0 Å². The second kappa shape index (κ2) is 2.34. The first-order valence-corrected chi connectivity index (χ1v) is 5.66. The van der Waals surface area contributed by atoms with Crippen LogP contribution < -0.4 is 5.73 Å². The van der Waals surface area contributed by atoms with E-state index in [9.17, 15) is 0 Å². The summed E-state index contributed by atoms with van der Waals surface area (Å²) in [6, 6.07) is 2.14. The Hall–Kier alpha value is 0.140. The molecule has 0 spiro atoms. The predicted octanol–water partition coefficient (Wildman–Crippen LogP) is 3.09. The Bertz CT molecular complexity index is 318. The fraction of sp³-hybridized carbons (Fsp3) is 0.556. The van der Waals surface area contributed by atoms with E-state index in [1.165, 1.54) is 9.35 Å². The van der Waals surface area contributed by atoms with E-state index in [1.54, 1.807) is 11.3 Å². The van der Waals surface area contributed by atoms with Crippen molar-refractivity contribution in [2.75, 3.05) is 0 Å². The van der Waals surface area contributed by atoms with Crippen LogP contribution in [0.4, 0.5) is 0 Å². The van der Waals surface area contributed by atoms with Gasteiger partial charge in [0.2, 0.25) is 0 Å². The lowest BCUT2D eigenvalue weighted by Gasteiger charge is -2.12. The zero-order valence-corrected chi connectivity index (χ0v) is 9.63. The molecule has 0 aliphatic heterocycles. The highest BCUT2D eigenvalue weighted by Crippen LogP contribution is 2.60. The van der Waals surface area contributed by atoms with E-state index in [0.717, 1.165) is 6.42 Å². The van der Waals surface area contributed by atoms with Crippen molar-refractivity contribution >= 4 is 27.3 Å². The minimum Gasteiger partial charge on any atom is -0.321 e. The maximum Gasteiger partial charge on any atom is 0.0701 e. The lowest BCUT2D eigenvalue weighted by molar-refractivity contribution is 0.511. The molecule has 0 saturated heterocycles. The number of hydrogen-bond donors (Lipinski definition) is 1. The smallest absolute Gasteiger partial charge is 0.0701 e. The molecule has 1 nitrogen and oxygen atoms in total. The Morgan fingerprint density at radius 2 is 2.17 bits per heavy atom. The molecule has 0 aromatic carbocycles. The van der Waals surface area contributed by atoms with Crippen LogP contribution in [0.15, 0.2) is 15.2 Å². The summed E-state index contributed by atoms with van der Waals surface area (Å²) >= 11 is 5.16. The zero-order chi connectivity index (χ0) is 8.98. The molecule has 1 fully saturated rings. The van der Waals surface area contributed by atoms with E-state index in [4.69, 9.17) is 5.73 Å². The predicted molar refractivity (Wildman–Crippen MR) is 56.3 cm³/mol. The van der Waals surface area contributed by atoms with E-state index in [1.807, 2.05) is 0 Å². The van der Waals surface area contributed by atoms with Crippen molar-refractivity contribution in [3.63, 3.8) is 0 Å². The van der Waals surface area contributed by atoms with Crippen molar-refractivity contribution in [3.05, 3.63) is 20.8 Å². The Kier molecular flexibility index (Phi) is 1.70. The van der Waals surface area contributed by atoms with Gasteiger partial charge in [-0.05, 0) is 44.8 Å². The van der Waals surface area contributed by atoms with Crippen molar-refractivity contribution in [1.82, 2.24) is 0 Å². The van der Waals surface area contributed by atoms with Crippen LogP contribution in [0, 0.1) is 5.41 Å². The van der Waals surface area contributed by atoms with Gasteiger partial charge in [-0.2, -0.15) is 0 Å². The molecule has 1 aromatic heterocycles. The van der Waals surface area contributed by atoms with Gasteiger partial charge in [0.25, 0.3) is 0 Å². The van der Waals surface area contributed by atoms with Gasteiger partial charge in [-0.1, -0.05) is 13.8 Å². The summed E-state index contributed by atoms with van der Waals surface area (Å²) in [5.41, 5.74) is 7.75. The van der Waals surface area contributed by atoms with Crippen molar-refractivity contribution in [2.24, 2.45) is 11.1 Å². The summed E-state index contributed by atoms with van der Waals surface area (Å²) < 4.78 is 1.17. The number of hydrogen-bond acceptors (Lipinski definition) is 2. The van der Waals surface area contributed by atoms with Crippen molar-refractivity contribution < 1.29 is 0 Å². The maximum absolute atomic E-state index is 6.24. The first kappa shape index (κ1) is 8.73. The number of rotatable bonds is 1. The molecule has 1 aromatic rings. The topological polar surface area (TPSA) is 26.0 Å². The molecule has 0 amide bonds. The maximum atomic E-state index is 6.24. The molecule has 1 unspecified atom stereocenters. The van der Waals surface area contributed by atoms with E-state index in [-0.39, 0.29) is 11.0 Å². The van der Waals surface area contributed by atoms with Crippen molar-refractivity contribution in [3.8, 4) is 0 Å². The summed E-state index contributed by atoms with van der Waals surface area (Å²) in [5.74, 6) is 0. The average molecular weight is 246 g/mol. The van der Waals surface area contributed by atoms with Crippen LogP contribution in [0.2, 0.25) is 0 Å². The summed E-state index contributed by atoms with van der Waals surface area (Å²) in [6.07, 6.45) is 1.10. The molecule has 2 rings (SSSR count). The van der Waals surface area contributed by atoms with Gasteiger partial charge in [0.05, 0.1) is 3.79 Å². The summed E-state index contributed by atoms with van der Waals surface area (Å²) in [6.45, 7) is 4.44. The lowest BCUT2D eigenvalue weighted by Crippen LogP contribution is -2.24. The molecule has 1 aliphatic rings. The van der Waals surface area contributed by atoms with Crippen LogP contribution in [0.3, 0.4) is 0 Å². The molecule has 1 saturated carbocycles. The Balaban J connectivity index is 2.34. The van der Waals surface area contributed by atoms with Gasteiger partial charge < -0.3 is 5.73 Å². The van der Waals surface area contributed by atoms with Crippen LogP contribution in [0.25, 0.3) is 0 Å². The average Bonchev–Trinajstić information content (AvgIpc) is 2.37. The summed E-state index contributed by atoms with van der Waals surface area (Å²) in [5, 5.41) is 2.15. The highest BCUT2D eigenvalue weighted by molar-refractivity contribution is 9.11. The molecule has 2 N–H and O–H groups in total. The second-order valence-electron chi connectivity index (χ2n) is 4.17. The van der Waals surface area contributed by atoms with Gasteiger partial charge in [0.1, 0.15) is 0 Å². The SMILES string of the molecule is CC1(C)CC1(N)c1csc(Br)c1. The molecule has 1 aliphatic carbocycles. The molecule has 66 valence electrons. The van der Waals surface area contributed by atoms with Crippen LogP contribution in [0.5, 0.6) is 0 Å². The highest BCUT2D eigenvalue weighted by atomic mass is 79.9. The van der Waals surface area contributed by atoms with Gasteiger partial charge in [0, 0.05) is 5.54 Å². The Morgan fingerprint density at radius 3 is 2.50 bits per heavy atom. The molecular weight excluding hydrogens is 234 g/mol. The van der Waals surface area contributed by atoms with Gasteiger partial charge in [-0.3, -0.25) is 0 Å². The highest BCUT2D eigenvalue weighted by Gasteiger charge is 2.59. The van der Waals surface area contributed by atoms with Crippen LogP contribution in [-0.2, 0) is 5.54 Å². The Labute approximate surface area is 85.1 Å². The molecule has 12 heavy (non-hydrogen) atoms. The first-order valence-electron chi connectivity index (χ1n) is 3.99. The molecular formula is C9H12BrNS.